The van der Waals surface area contributed by atoms with Gasteiger partial charge in [-0.3, -0.25) is 0 Å². The van der Waals surface area contributed by atoms with Crippen molar-refractivity contribution in [2.24, 2.45) is 5.14 Å². The van der Waals surface area contributed by atoms with Gasteiger partial charge in [0, 0.05) is 17.2 Å². The first-order chi connectivity index (χ1) is 10.5. The zero-order valence-corrected chi connectivity index (χ0v) is 12.7. The number of aryl methyl sites for hydroxylation is 1. The Labute approximate surface area is 128 Å². The van der Waals surface area contributed by atoms with Crippen molar-refractivity contribution in [2.45, 2.75) is 11.8 Å². The quantitative estimate of drug-likeness (QED) is 0.805. The van der Waals surface area contributed by atoms with Gasteiger partial charge in [-0.2, -0.15) is 0 Å². The molecule has 1 aromatic heterocycles. The van der Waals surface area contributed by atoms with Crippen LogP contribution >= 0.6 is 0 Å². The Balaban J connectivity index is 2.33. The van der Waals surface area contributed by atoms with Crippen molar-refractivity contribution >= 4 is 10.0 Å². The van der Waals surface area contributed by atoms with Crippen molar-refractivity contribution in [3.8, 4) is 22.4 Å². The van der Waals surface area contributed by atoms with Crippen molar-refractivity contribution in [1.82, 2.24) is 5.16 Å². The van der Waals surface area contributed by atoms with Crippen LogP contribution in [0.5, 0.6) is 0 Å². The molecule has 0 aliphatic rings. The molecule has 1 heterocycles. The van der Waals surface area contributed by atoms with Crippen LogP contribution in [0, 0.1) is 6.92 Å². The maximum absolute atomic E-state index is 12.1. The molecule has 0 radical (unpaired) electrons. The molecule has 5 nitrogen and oxygen atoms in total. The first kappa shape index (κ1) is 14.5. The highest BCUT2D eigenvalue weighted by Gasteiger charge is 2.22. The van der Waals surface area contributed by atoms with E-state index in [0.717, 1.165) is 5.56 Å². The van der Waals surface area contributed by atoms with Gasteiger partial charge in [-0.15, -0.1) is 0 Å². The molecule has 0 saturated heterocycles. The van der Waals surface area contributed by atoms with Gasteiger partial charge in [0.15, 0.2) is 0 Å². The summed E-state index contributed by atoms with van der Waals surface area (Å²) < 4.78 is 29.3. The lowest BCUT2D eigenvalue weighted by Crippen LogP contribution is -2.15. The minimum absolute atomic E-state index is 0.0505. The zero-order valence-electron chi connectivity index (χ0n) is 11.9. The molecule has 112 valence electrons. The summed E-state index contributed by atoms with van der Waals surface area (Å²) in [7, 11) is -3.93. The summed E-state index contributed by atoms with van der Waals surface area (Å²) in [4.78, 5) is 0.0505. The molecular weight excluding hydrogens is 300 g/mol. The van der Waals surface area contributed by atoms with Gasteiger partial charge in [0.05, 0.1) is 4.90 Å². The molecule has 2 N–H and O–H groups in total. The number of aromatic nitrogens is 1. The lowest BCUT2D eigenvalue weighted by molar-refractivity contribution is 0.399. The number of primary sulfonamides is 1. The van der Waals surface area contributed by atoms with E-state index >= 15 is 0 Å². The lowest BCUT2D eigenvalue weighted by Gasteiger charge is -2.11. The van der Waals surface area contributed by atoms with E-state index in [2.05, 4.69) is 5.16 Å². The Morgan fingerprint density at radius 3 is 2.27 bits per heavy atom. The molecule has 3 aromatic rings. The third kappa shape index (κ3) is 2.66. The minimum Gasteiger partial charge on any atom is -0.361 e. The fourth-order valence-electron chi connectivity index (χ4n) is 2.38. The highest BCUT2D eigenvalue weighted by Crippen LogP contribution is 2.34. The molecule has 0 fully saturated rings. The van der Waals surface area contributed by atoms with Gasteiger partial charge in [-0.25, -0.2) is 13.6 Å². The van der Waals surface area contributed by atoms with Crippen LogP contribution in [0.4, 0.5) is 0 Å². The lowest BCUT2D eigenvalue weighted by atomic mass is 10.0. The second-order valence-corrected chi connectivity index (χ2v) is 6.41. The second-order valence-electron chi connectivity index (χ2n) is 4.92. The van der Waals surface area contributed by atoms with Crippen LogP contribution in [0.15, 0.2) is 64.0 Å². The molecule has 0 aliphatic heterocycles. The molecule has 0 atom stereocenters. The van der Waals surface area contributed by atoms with Gasteiger partial charge in [0.1, 0.15) is 11.5 Å². The molecule has 6 heteroatoms. The van der Waals surface area contributed by atoms with E-state index in [4.69, 9.17) is 9.66 Å². The van der Waals surface area contributed by atoms with Gasteiger partial charge >= 0.3 is 0 Å². The van der Waals surface area contributed by atoms with Gasteiger partial charge in [-0.05, 0) is 12.5 Å². The van der Waals surface area contributed by atoms with Gasteiger partial charge < -0.3 is 4.52 Å². The highest BCUT2D eigenvalue weighted by molar-refractivity contribution is 7.89. The van der Waals surface area contributed by atoms with Gasteiger partial charge in [-0.1, -0.05) is 53.7 Å². The van der Waals surface area contributed by atoms with E-state index in [0.29, 0.717) is 22.6 Å². The third-order valence-electron chi connectivity index (χ3n) is 3.29. The molecule has 3 rings (SSSR count). The Morgan fingerprint density at radius 1 is 1.00 bits per heavy atom. The number of nitrogens with two attached hydrogens (primary N) is 1. The number of benzene rings is 2. The summed E-state index contributed by atoms with van der Waals surface area (Å²) in [5.74, 6) is 0.598. The Morgan fingerprint density at radius 2 is 1.68 bits per heavy atom. The fraction of sp³-hybridized carbons (Fsp3) is 0.0625. The summed E-state index contributed by atoms with van der Waals surface area (Å²) in [6, 6.07) is 16.1. The summed E-state index contributed by atoms with van der Waals surface area (Å²) in [6.45, 7) is 1.74. The fourth-order valence-corrected chi connectivity index (χ4v) is 3.36. The van der Waals surface area contributed by atoms with Crippen LogP contribution in [0.1, 0.15) is 5.76 Å². The predicted molar refractivity (Wildman–Crippen MR) is 83.5 cm³/mol. The largest absolute Gasteiger partial charge is 0.361 e. The minimum atomic E-state index is -3.93. The molecule has 0 amide bonds. The first-order valence-electron chi connectivity index (χ1n) is 6.62. The second kappa shape index (κ2) is 5.40. The molecule has 0 saturated carbocycles. The van der Waals surface area contributed by atoms with E-state index in [9.17, 15) is 8.42 Å². The molecule has 2 aromatic carbocycles. The van der Waals surface area contributed by atoms with Gasteiger partial charge in [0.2, 0.25) is 10.0 Å². The highest BCUT2D eigenvalue weighted by atomic mass is 32.2. The molecular formula is C16H14N2O3S. The number of sulfonamides is 1. The standard InChI is InChI=1S/C16H14N2O3S/c1-11-10-15(18-21-11)14-9-5-8-13(16(14)22(17,19)20)12-6-3-2-4-7-12/h2-10H,1H3,(H2,17,19,20). The topological polar surface area (TPSA) is 86.2 Å². The van der Waals surface area contributed by atoms with E-state index < -0.39 is 10.0 Å². The van der Waals surface area contributed by atoms with Crippen LogP contribution in [0.3, 0.4) is 0 Å². The average molecular weight is 314 g/mol. The number of hydrogen-bond acceptors (Lipinski definition) is 4. The van der Waals surface area contributed by atoms with Crippen molar-refractivity contribution in [3.63, 3.8) is 0 Å². The molecule has 0 bridgehead atoms. The van der Waals surface area contributed by atoms with Gasteiger partial charge in [0.25, 0.3) is 0 Å². The average Bonchev–Trinajstić information content (AvgIpc) is 2.93. The number of hydrogen-bond donors (Lipinski definition) is 1. The third-order valence-corrected chi connectivity index (χ3v) is 4.30. The maximum atomic E-state index is 12.1. The van der Waals surface area contributed by atoms with Crippen molar-refractivity contribution in [2.75, 3.05) is 0 Å². The summed E-state index contributed by atoms with van der Waals surface area (Å²) in [6.07, 6.45) is 0. The SMILES string of the molecule is Cc1cc(-c2cccc(-c3ccccc3)c2S(N)(=O)=O)no1. The Kier molecular flexibility index (Phi) is 3.56. The smallest absolute Gasteiger partial charge is 0.239 e. The van der Waals surface area contributed by atoms with Crippen molar-refractivity contribution in [3.05, 3.63) is 60.4 Å². The van der Waals surface area contributed by atoms with Crippen LogP contribution in [0.25, 0.3) is 22.4 Å². The first-order valence-corrected chi connectivity index (χ1v) is 8.16. The molecule has 0 aliphatic carbocycles. The normalized spacial score (nSPS) is 11.5. The molecule has 22 heavy (non-hydrogen) atoms. The predicted octanol–water partition coefficient (Wildman–Crippen LogP) is 2.96. The maximum Gasteiger partial charge on any atom is 0.239 e. The van der Waals surface area contributed by atoms with Crippen LogP contribution in [0.2, 0.25) is 0 Å². The Hall–Kier alpha value is -2.44. The van der Waals surface area contributed by atoms with E-state index in [-0.39, 0.29) is 4.90 Å². The van der Waals surface area contributed by atoms with E-state index in [1.807, 2.05) is 30.3 Å². The summed E-state index contributed by atoms with van der Waals surface area (Å²) in [5, 5.41) is 9.35. The number of rotatable bonds is 3. The molecule has 0 unspecified atom stereocenters. The van der Waals surface area contributed by atoms with Crippen LogP contribution in [-0.4, -0.2) is 13.6 Å². The monoisotopic (exact) mass is 314 g/mol. The van der Waals surface area contributed by atoms with Crippen LogP contribution < -0.4 is 5.14 Å². The number of nitrogens with zero attached hydrogens (tertiary/aromatic N) is 1. The summed E-state index contributed by atoms with van der Waals surface area (Å²) in [5.41, 5.74) is 2.19. The zero-order chi connectivity index (χ0) is 15.7. The Bertz CT molecular complexity index is 916. The molecule has 0 spiro atoms. The van der Waals surface area contributed by atoms with Crippen molar-refractivity contribution in [1.29, 1.82) is 0 Å². The van der Waals surface area contributed by atoms with Crippen molar-refractivity contribution < 1.29 is 12.9 Å². The van der Waals surface area contributed by atoms with E-state index in [1.165, 1.54) is 0 Å². The van der Waals surface area contributed by atoms with E-state index in [1.54, 1.807) is 31.2 Å². The van der Waals surface area contributed by atoms with Crippen LogP contribution in [-0.2, 0) is 10.0 Å². The summed E-state index contributed by atoms with van der Waals surface area (Å²) >= 11 is 0.